The van der Waals surface area contributed by atoms with Crippen LogP contribution in [0.2, 0.25) is 5.02 Å². The highest BCUT2D eigenvalue weighted by Crippen LogP contribution is 2.31. The second-order valence-electron chi connectivity index (χ2n) is 6.49. The molecule has 1 atom stereocenters. The maximum atomic E-state index is 12.5. The molecule has 1 aliphatic heterocycles. The molecule has 0 aromatic heterocycles. The number of fused-ring (bicyclic) bond motifs is 1. The first-order valence-corrected chi connectivity index (χ1v) is 10.8. The molecular weight excluding hydrogens is 428 g/mol. The predicted molar refractivity (Wildman–Crippen MR) is 114 cm³/mol. The molecule has 0 radical (unpaired) electrons. The second kappa shape index (κ2) is 8.25. The van der Waals surface area contributed by atoms with Crippen LogP contribution in [0.1, 0.15) is 0 Å². The number of sulfonamides is 1. The molecule has 4 rings (SSSR count). The quantitative estimate of drug-likeness (QED) is 0.622. The monoisotopic (exact) mass is 444 g/mol. The van der Waals surface area contributed by atoms with E-state index in [2.05, 4.69) is 10.0 Å². The first-order valence-electron chi connectivity index (χ1n) is 8.98. The van der Waals surface area contributed by atoms with Crippen LogP contribution in [0.25, 0.3) is 0 Å². The van der Waals surface area contributed by atoms with Gasteiger partial charge in [-0.25, -0.2) is 8.42 Å². The third kappa shape index (κ3) is 4.50. The van der Waals surface area contributed by atoms with Crippen molar-refractivity contribution < 1.29 is 22.7 Å². The van der Waals surface area contributed by atoms with Crippen molar-refractivity contribution in [3.8, 4) is 11.5 Å². The van der Waals surface area contributed by atoms with E-state index in [1.165, 1.54) is 30.3 Å². The van der Waals surface area contributed by atoms with E-state index >= 15 is 0 Å². The molecule has 0 bridgehead atoms. The van der Waals surface area contributed by atoms with Gasteiger partial charge in [-0.2, -0.15) is 0 Å². The molecule has 3 aromatic rings. The van der Waals surface area contributed by atoms with Crippen molar-refractivity contribution in [2.75, 3.05) is 16.6 Å². The van der Waals surface area contributed by atoms with Gasteiger partial charge in [-0.1, -0.05) is 29.8 Å². The number of anilines is 2. The molecule has 0 unspecified atom stereocenters. The van der Waals surface area contributed by atoms with Crippen LogP contribution in [0.3, 0.4) is 0 Å². The molecule has 1 aliphatic rings. The Labute approximate surface area is 178 Å². The first-order chi connectivity index (χ1) is 14.4. The lowest BCUT2D eigenvalue weighted by molar-refractivity contribution is -0.125. The van der Waals surface area contributed by atoms with E-state index in [4.69, 9.17) is 21.1 Å². The number of amides is 1. The van der Waals surface area contributed by atoms with Crippen molar-refractivity contribution >= 4 is 38.9 Å². The number of para-hydroxylation sites is 2. The van der Waals surface area contributed by atoms with Gasteiger partial charge in [0.05, 0.1) is 10.6 Å². The highest BCUT2D eigenvalue weighted by molar-refractivity contribution is 7.92. The van der Waals surface area contributed by atoms with E-state index < -0.39 is 22.0 Å². The zero-order chi connectivity index (χ0) is 21.1. The molecule has 0 saturated carbocycles. The zero-order valence-electron chi connectivity index (χ0n) is 15.5. The molecule has 1 amide bonds. The van der Waals surface area contributed by atoms with Crippen molar-refractivity contribution in [2.45, 2.75) is 11.0 Å². The smallest absolute Gasteiger partial charge is 0.269 e. The number of carbonyl (C=O) groups is 1. The van der Waals surface area contributed by atoms with Gasteiger partial charge < -0.3 is 14.8 Å². The summed E-state index contributed by atoms with van der Waals surface area (Å²) < 4.78 is 38.7. The molecule has 0 fully saturated rings. The Morgan fingerprint density at radius 2 is 1.67 bits per heavy atom. The number of nitrogens with one attached hydrogen (secondary N) is 2. The van der Waals surface area contributed by atoms with Crippen LogP contribution < -0.4 is 19.5 Å². The fourth-order valence-corrected chi connectivity index (χ4v) is 4.09. The van der Waals surface area contributed by atoms with Crippen LogP contribution in [0.4, 0.5) is 11.4 Å². The van der Waals surface area contributed by atoms with E-state index in [0.717, 1.165) is 0 Å². The van der Waals surface area contributed by atoms with Gasteiger partial charge in [0.15, 0.2) is 11.5 Å². The molecule has 9 heteroatoms. The Hall–Kier alpha value is -3.23. The minimum atomic E-state index is -3.80. The van der Waals surface area contributed by atoms with E-state index in [0.29, 0.717) is 27.9 Å². The predicted octanol–water partition coefficient (Wildman–Crippen LogP) is 3.92. The average molecular weight is 445 g/mol. The summed E-state index contributed by atoms with van der Waals surface area (Å²) in [4.78, 5) is 12.5. The standard InChI is InChI=1S/C21H17ClN2O5S/c22-14-4-3-5-16(12-14)24-30(26,27)17-10-8-15(9-11-17)23-21(25)20-13-28-18-6-1-2-7-19(18)29-20/h1-12,20,24H,13H2,(H,23,25)/t20-/m0/s1. The van der Waals surface area contributed by atoms with Gasteiger partial charge >= 0.3 is 0 Å². The van der Waals surface area contributed by atoms with Crippen molar-refractivity contribution in [3.63, 3.8) is 0 Å². The summed E-state index contributed by atoms with van der Waals surface area (Å²) >= 11 is 5.89. The van der Waals surface area contributed by atoms with Crippen LogP contribution in [-0.2, 0) is 14.8 Å². The number of carbonyl (C=O) groups excluding carboxylic acids is 1. The van der Waals surface area contributed by atoms with Crippen molar-refractivity contribution in [1.29, 1.82) is 0 Å². The molecule has 3 aromatic carbocycles. The number of hydrogen-bond acceptors (Lipinski definition) is 5. The van der Waals surface area contributed by atoms with Gasteiger partial charge in [0.1, 0.15) is 6.61 Å². The first kappa shape index (κ1) is 20.1. The van der Waals surface area contributed by atoms with Crippen LogP contribution >= 0.6 is 11.6 Å². The van der Waals surface area contributed by atoms with Gasteiger partial charge in [-0.05, 0) is 54.6 Å². The van der Waals surface area contributed by atoms with Crippen LogP contribution in [0, 0.1) is 0 Å². The van der Waals surface area contributed by atoms with Crippen molar-refractivity contribution in [2.24, 2.45) is 0 Å². The van der Waals surface area contributed by atoms with Gasteiger partial charge in [-0.3, -0.25) is 9.52 Å². The van der Waals surface area contributed by atoms with Gasteiger partial charge in [0.2, 0.25) is 6.10 Å². The number of rotatable bonds is 5. The Morgan fingerprint density at radius 3 is 2.40 bits per heavy atom. The topological polar surface area (TPSA) is 93.7 Å². The second-order valence-corrected chi connectivity index (χ2v) is 8.61. The summed E-state index contributed by atoms with van der Waals surface area (Å²) in [6.07, 6.45) is -0.812. The number of ether oxygens (including phenoxy) is 2. The minimum absolute atomic E-state index is 0.0478. The Bertz CT molecular complexity index is 1180. The van der Waals surface area contributed by atoms with Crippen LogP contribution in [0.5, 0.6) is 11.5 Å². The lowest BCUT2D eigenvalue weighted by atomic mass is 10.2. The Kier molecular flexibility index (Phi) is 5.52. The number of hydrogen-bond donors (Lipinski definition) is 2. The van der Waals surface area contributed by atoms with Crippen LogP contribution in [0.15, 0.2) is 77.7 Å². The summed E-state index contributed by atoms with van der Waals surface area (Å²) in [7, 11) is -3.80. The lowest BCUT2D eigenvalue weighted by Crippen LogP contribution is -2.40. The fourth-order valence-electron chi connectivity index (χ4n) is 2.85. The lowest BCUT2D eigenvalue weighted by Gasteiger charge is -2.25. The summed E-state index contributed by atoms with van der Waals surface area (Å²) in [5, 5.41) is 3.12. The van der Waals surface area contributed by atoms with Crippen molar-refractivity contribution in [3.05, 3.63) is 77.8 Å². The van der Waals surface area contributed by atoms with E-state index in [1.807, 2.05) is 6.07 Å². The molecule has 2 N–H and O–H groups in total. The molecule has 30 heavy (non-hydrogen) atoms. The third-order valence-corrected chi connectivity index (χ3v) is 5.94. The van der Waals surface area contributed by atoms with Gasteiger partial charge in [0.25, 0.3) is 15.9 Å². The average Bonchev–Trinajstić information content (AvgIpc) is 2.73. The van der Waals surface area contributed by atoms with Gasteiger partial charge in [-0.15, -0.1) is 0 Å². The Morgan fingerprint density at radius 1 is 0.933 bits per heavy atom. The summed E-state index contributed by atoms with van der Waals surface area (Å²) in [6, 6.07) is 19.3. The molecule has 1 heterocycles. The fraction of sp³-hybridized carbons (Fsp3) is 0.0952. The van der Waals surface area contributed by atoms with Crippen molar-refractivity contribution in [1.82, 2.24) is 0 Å². The summed E-state index contributed by atoms with van der Waals surface area (Å²) in [5.41, 5.74) is 0.791. The largest absolute Gasteiger partial charge is 0.485 e. The molecule has 0 spiro atoms. The SMILES string of the molecule is O=C(Nc1ccc(S(=O)(=O)Nc2cccc(Cl)c2)cc1)[C@@H]1COc2ccccc2O1. The maximum absolute atomic E-state index is 12.5. The Balaban J connectivity index is 1.42. The summed E-state index contributed by atoms with van der Waals surface area (Å²) in [5.74, 6) is 0.693. The molecular formula is C21H17ClN2O5S. The zero-order valence-corrected chi connectivity index (χ0v) is 17.1. The molecule has 154 valence electrons. The number of benzene rings is 3. The highest BCUT2D eigenvalue weighted by Gasteiger charge is 2.27. The molecule has 7 nitrogen and oxygen atoms in total. The van der Waals surface area contributed by atoms with Gasteiger partial charge in [0, 0.05) is 10.7 Å². The normalized spacial score (nSPS) is 15.3. The highest BCUT2D eigenvalue weighted by atomic mass is 35.5. The third-order valence-electron chi connectivity index (χ3n) is 4.31. The minimum Gasteiger partial charge on any atom is -0.485 e. The maximum Gasteiger partial charge on any atom is 0.269 e. The van der Waals surface area contributed by atoms with E-state index in [1.54, 1.807) is 36.4 Å². The molecule has 0 saturated heterocycles. The van der Waals surface area contributed by atoms with E-state index in [9.17, 15) is 13.2 Å². The number of halogens is 1. The summed E-state index contributed by atoms with van der Waals surface area (Å²) in [6.45, 7) is 0.0822. The van der Waals surface area contributed by atoms with Crippen LogP contribution in [-0.4, -0.2) is 27.0 Å². The molecule has 0 aliphatic carbocycles. The van der Waals surface area contributed by atoms with E-state index in [-0.39, 0.29) is 11.5 Å².